The highest BCUT2D eigenvalue weighted by molar-refractivity contribution is 7.13. The van der Waals surface area contributed by atoms with Crippen molar-refractivity contribution in [3.8, 4) is 10.4 Å². The van der Waals surface area contributed by atoms with Gasteiger partial charge in [-0.25, -0.2) is 0 Å². The van der Waals surface area contributed by atoms with E-state index in [-0.39, 0.29) is 36.1 Å². The number of β-amino-alcohol motifs (C(OH)–C–C–N with tert-alkyl or cyclic N) is 1. The molecule has 1 saturated heterocycles. The summed E-state index contributed by atoms with van der Waals surface area (Å²) >= 11 is 1.72. The Bertz CT molecular complexity index is 898. The fraction of sp³-hybridized carbons (Fsp3) is 0.500. The molecular formula is C24H32N2O3S. The zero-order chi connectivity index (χ0) is 22.1. The Morgan fingerprint density at radius 1 is 1.23 bits per heavy atom. The molecule has 0 bridgehead atoms. The van der Waals surface area contributed by atoms with E-state index < -0.39 is 12.1 Å². The Kier molecular flexibility index (Phi) is 6.68. The van der Waals surface area contributed by atoms with Gasteiger partial charge in [0.15, 0.2) is 0 Å². The van der Waals surface area contributed by atoms with Gasteiger partial charge in [-0.15, -0.1) is 11.3 Å². The summed E-state index contributed by atoms with van der Waals surface area (Å²) < 4.78 is 0. The number of nitrogens with zero attached hydrogens (tertiary/aromatic N) is 1. The van der Waals surface area contributed by atoms with Crippen LogP contribution in [0.3, 0.4) is 0 Å². The van der Waals surface area contributed by atoms with Gasteiger partial charge in [-0.1, -0.05) is 52.0 Å². The first-order valence-electron chi connectivity index (χ1n) is 10.5. The summed E-state index contributed by atoms with van der Waals surface area (Å²) in [7, 11) is 0. The van der Waals surface area contributed by atoms with Crippen LogP contribution in [0.15, 0.2) is 35.7 Å². The molecule has 1 aliphatic heterocycles. The number of carbonyl (C=O) groups is 2. The van der Waals surface area contributed by atoms with Gasteiger partial charge in [-0.3, -0.25) is 9.59 Å². The fourth-order valence-electron chi connectivity index (χ4n) is 3.67. The van der Waals surface area contributed by atoms with E-state index in [0.717, 1.165) is 5.56 Å². The second kappa shape index (κ2) is 8.90. The van der Waals surface area contributed by atoms with E-state index in [1.165, 1.54) is 16.0 Å². The third kappa shape index (κ3) is 4.93. The number of benzene rings is 1. The van der Waals surface area contributed by atoms with Gasteiger partial charge in [-0.2, -0.15) is 0 Å². The number of nitrogens with one attached hydrogen (secondary N) is 1. The Labute approximate surface area is 183 Å². The maximum atomic E-state index is 12.9. The predicted octanol–water partition coefficient (Wildman–Crippen LogP) is 3.98. The topological polar surface area (TPSA) is 69.6 Å². The largest absolute Gasteiger partial charge is 0.391 e. The third-order valence-electron chi connectivity index (χ3n) is 6.08. The van der Waals surface area contributed by atoms with Crippen LogP contribution in [0.5, 0.6) is 0 Å². The molecule has 6 heteroatoms. The van der Waals surface area contributed by atoms with Crippen molar-refractivity contribution in [2.45, 2.75) is 59.7 Å². The van der Waals surface area contributed by atoms with Crippen LogP contribution in [0.4, 0.5) is 0 Å². The van der Waals surface area contributed by atoms with E-state index in [9.17, 15) is 14.7 Å². The molecular weight excluding hydrogens is 396 g/mol. The number of carbonyl (C=O) groups excluding carboxylic acids is 2. The number of hydrogen-bond acceptors (Lipinski definition) is 4. The highest BCUT2D eigenvalue weighted by atomic mass is 32.1. The predicted molar refractivity (Wildman–Crippen MR) is 121 cm³/mol. The van der Waals surface area contributed by atoms with Crippen LogP contribution in [0, 0.1) is 18.3 Å². The molecule has 0 aliphatic carbocycles. The van der Waals surface area contributed by atoms with Gasteiger partial charge in [-0.05, 0) is 40.5 Å². The van der Waals surface area contributed by atoms with Crippen molar-refractivity contribution in [3.05, 3.63) is 46.8 Å². The lowest BCUT2D eigenvalue weighted by molar-refractivity contribution is -0.144. The lowest BCUT2D eigenvalue weighted by Gasteiger charge is -2.32. The smallest absolute Gasteiger partial charge is 0.243 e. The summed E-state index contributed by atoms with van der Waals surface area (Å²) in [5.41, 5.74) is 3.23. The molecule has 1 aromatic heterocycles. The standard InChI is InChI=1S/C24H32N2O3S/c1-15-10-11-30-21(15)18-8-6-17(7-9-18)13-25-22(28)20-12-19(27)14-26(20)23(29)16(2)24(3,4)5/h6-11,16,19-20,27H,12-14H2,1-5H3,(H,25,28)/t16-,19-,20+/m1/s1. The maximum absolute atomic E-state index is 12.9. The van der Waals surface area contributed by atoms with Crippen molar-refractivity contribution in [2.24, 2.45) is 11.3 Å². The van der Waals surface area contributed by atoms with E-state index >= 15 is 0 Å². The van der Waals surface area contributed by atoms with Gasteiger partial charge < -0.3 is 15.3 Å². The number of thiophene rings is 1. The molecule has 2 N–H and O–H groups in total. The molecule has 0 spiro atoms. The first-order valence-corrected chi connectivity index (χ1v) is 11.4. The zero-order valence-corrected chi connectivity index (χ0v) is 19.3. The second-order valence-electron chi connectivity index (χ2n) is 9.33. The minimum Gasteiger partial charge on any atom is -0.391 e. The van der Waals surface area contributed by atoms with Gasteiger partial charge in [0.25, 0.3) is 0 Å². The van der Waals surface area contributed by atoms with Gasteiger partial charge in [0.2, 0.25) is 11.8 Å². The third-order valence-corrected chi connectivity index (χ3v) is 7.14. The summed E-state index contributed by atoms with van der Waals surface area (Å²) in [6.45, 7) is 10.6. The minimum atomic E-state index is -0.662. The Morgan fingerprint density at radius 3 is 2.47 bits per heavy atom. The van der Waals surface area contributed by atoms with Crippen LogP contribution >= 0.6 is 11.3 Å². The summed E-state index contributed by atoms with van der Waals surface area (Å²) in [5.74, 6) is -0.514. The average Bonchev–Trinajstić information content (AvgIpc) is 3.30. The van der Waals surface area contributed by atoms with Crippen molar-refractivity contribution in [2.75, 3.05) is 6.54 Å². The zero-order valence-electron chi connectivity index (χ0n) is 18.4. The lowest BCUT2D eigenvalue weighted by Crippen LogP contribution is -2.49. The molecule has 30 heavy (non-hydrogen) atoms. The summed E-state index contributed by atoms with van der Waals surface area (Å²) in [6.07, 6.45) is -0.379. The first kappa shape index (κ1) is 22.5. The molecule has 1 aromatic carbocycles. The van der Waals surface area contributed by atoms with Gasteiger partial charge >= 0.3 is 0 Å². The van der Waals surface area contributed by atoms with Crippen molar-refractivity contribution in [3.63, 3.8) is 0 Å². The molecule has 2 aromatic rings. The minimum absolute atomic E-state index is 0.0742. The number of amides is 2. The normalized spacial score (nSPS) is 20.3. The Balaban J connectivity index is 1.63. The SMILES string of the molecule is Cc1ccsc1-c1ccc(CNC(=O)[C@@H]2C[C@@H](O)CN2C(=O)[C@@H](C)C(C)(C)C)cc1. The Hall–Kier alpha value is -2.18. The lowest BCUT2D eigenvalue weighted by atomic mass is 9.81. The molecule has 3 atom stereocenters. The number of hydrogen-bond donors (Lipinski definition) is 2. The molecule has 1 fully saturated rings. The van der Waals surface area contributed by atoms with Gasteiger partial charge in [0.05, 0.1) is 6.10 Å². The maximum Gasteiger partial charge on any atom is 0.243 e. The monoisotopic (exact) mass is 428 g/mol. The highest BCUT2D eigenvalue weighted by Gasteiger charge is 2.42. The highest BCUT2D eigenvalue weighted by Crippen LogP contribution is 2.31. The average molecular weight is 429 g/mol. The fourth-order valence-corrected chi connectivity index (χ4v) is 4.61. The van der Waals surface area contributed by atoms with Crippen molar-refractivity contribution < 1.29 is 14.7 Å². The van der Waals surface area contributed by atoms with Crippen LogP contribution in [-0.2, 0) is 16.1 Å². The van der Waals surface area contributed by atoms with Gasteiger partial charge in [0.1, 0.15) is 6.04 Å². The van der Waals surface area contributed by atoms with Crippen LogP contribution in [0.2, 0.25) is 0 Å². The molecule has 2 amide bonds. The van der Waals surface area contributed by atoms with Crippen LogP contribution in [0.1, 0.15) is 45.2 Å². The second-order valence-corrected chi connectivity index (χ2v) is 10.2. The van der Waals surface area contributed by atoms with Crippen LogP contribution < -0.4 is 5.32 Å². The Morgan fingerprint density at radius 2 is 1.90 bits per heavy atom. The summed E-state index contributed by atoms with van der Waals surface area (Å²) in [6, 6.07) is 9.66. The molecule has 0 unspecified atom stereocenters. The van der Waals surface area contributed by atoms with Crippen molar-refractivity contribution in [1.29, 1.82) is 0 Å². The van der Waals surface area contributed by atoms with Crippen molar-refractivity contribution in [1.82, 2.24) is 10.2 Å². The van der Waals surface area contributed by atoms with E-state index in [1.54, 1.807) is 16.2 Å². The van der Waals surface area contributed by atoms with E-state index in [0.29, 0.717) is 6.54 Å². The quantitative estimate of drug-likeness (QED) is 0.757. The van der Waals surface area contributed by atoms with E-state index in [4.69, 9.17) is 0 Å². The number of aryl methyl sites for hydroxylation is 1. The number of rotatable bonds is 5. The van der Waals surface area contributed by atoms with E-state index in [1.807, 2.05) is 39.8 Å². The molecule has 162 valence electrons. The van der Waals surface area contributed by atoms with E-state index in [2.05, 4.69) is 35.8 Å². The van der Waals surface area contributed by atoms with Crippen molar-refractivity contribution >= 4 is 23.2 Å². The molecule has 0 radical (unpaired) electrons. The summed E-state index contributed by atoms with van der Waals surface area (Å²) in [5, 5.41) is 15.1. The van der Waals surface area contributed by atoms with Crippen LogP contribution in [-0.4, -0.2) is 40.5 Å². The molecule has 2 heterocycles. The molecule has 5 nitrogen and oxygen atoms in total. The van der Waals surface area contributed by atoms with Crippen LogP contribution in [0.25, 0.3) is 10.4 Å². The molecule has 0 saturated carbocycles. The first-order chi connectivity index (χ1) is 14.1. The number of aliphatic hydroxyl groups excluding tert-OH is 1. The number of aliphatic hydroxyl groups is 1. The summed E-state index contributed by atoms with van der Waals surface area (Å²) in [4.78, 5) is 28.6. The van der Waals surface area contributed by atoms with Gasteiger partial charge in [0, 0.05) is 30.3 Å². The molecule has 3 rings (SSSR count). The number of likely N-dealkylation sites (tertiary alicyclic amines) is 1. The molecule has 1 aliphatic rings.